The largest absolute Gasteiger partial charge is 0.394 e. The number of fused-ring (bicyclic) bond motifs is 1. The van der Waals surface area contributed by atoms with Crippen LogP contribution in [0.15, 0.2) is 24.7 Å². The van der Waals surface area contributed by atoms with Gasteiger partial charge in [0.25, 0.3) is 0 Å². The monoisotopic (exact) mass is 299 g/mol. The number of rotatable bonds is 5. The van der Waals surface area contributed by atoms with Crippen molar-refractivity contribution in [2.24, 2.45) is 0 Å². The topological polar surface area (TPSA) is 126 Å². The van der Waals surface area contributed by atoms with Gasteiger partial charge >= 0.3 is 0 Å². The highest BCUT2D eigenvalue weighted by atomic mass is 16.3. The highest BCUT2D eigenvalue weighted by Gasteiger charge is 2.12. The van der Waals surface area contributed by atoms with Gasteiger partial charge in [0.1, 0.15) is 11.3 Å². The number of aromatic nitrogens is 5. The zero-order valence-corrected chi connectivity index (χ0v) is 12.1. The lowest BCUT2D eigenvalue weighted by Crippen LogP contribution is -2.24. The molecule has 3 aromatic rings. The first-order valence-electron chi connectivity index (χ1n) is 7.01. The number of aliphatic hydroxyl groups excluding tert-OH is 1. The molecule has 0 unspecified atom stereocenters. The maximum atomic E-state index is 9.20. The first-order valence-corrected chi connectivity index (χ1v) is 7.01. The first kappa shape index (κ1) is 14.2. The summed E-state index contributed by atoms with van der Waals surface area (Å²) in [6.45, 7) is 1.98. The van der Waals surface area contributed by atoms with Crippen molar-refractivity contribution in [2.45, 2.75) is 19.4 Å². The van der Waals surface area contributed by atoms with Crippen LogP contribution in [0, 0.1) is 0 Å². The Balaban J connectivity index is 1.91. The van der Waals surface area contributed by atoms with Gasteiger partial charge in [-0.05, 0) is 12.5 Å². The van der Waals surface area contributed by atoms with Crippen LogP contribution in [0.3, 0.4) is 0 Å². The van der Waals surface area contributed by atoms with Gasteiger partial charge < -0.3 is 21.1 Å². The van der Waals surface area contributed by atoms with Crippen LogP contribution >= 0.6 is 0 Å². The van der Waals surface area contributed by atoms with Crippen LogP contribution < -0.4 is 11.1 Å². The summed E-state index contributed by atoms with van der Waals surface area (Å²) in [4.78, 5) is 20.2. The number of hydrogen-bond acceptors (Lipinski definition) is 7. The lowest BCUT2D eigenvalue weighted by atomic mass is 10.2. The van der Waals surface area contributed by atoms with Crippen molar-refractivity contribution in [3.63, 3.8) is 0 Å². The molecule has 0 amide bonds. The summed E-state index contributed by atoms with van der Waals surface area (Å²) >= 11 is 0. The molecule has 0 radical (unpaired) electrons. The minimum absolute atomic E-state index is 0.0111. The van der Waals surface area contributed by atoms with E-state index >= 15 is 0 Å². The van der Waals surface area contributed by atoms with Gasteiger partial charge in [0.15, 0.2) is 5.65 Å². The second kappa shape index (κ2) is 5.94. The first-order chi connectivity index (χ1) is 10.7. The molecule has 0 aliphatic carbocycles. The molecular weight excluding hydrogens is 282 g/mol. The molecule has 1 atom stereocenters. The molecule has 0 aliphatic heterocycles. The third-order valence-electron chi connectivity index (χ3n) is 3.40. The van der Waals surface area contributed by atoms with E-state index in [1.165, 1.54) is 0 Å². The molecule has 0 saturated carbocycles. The molecule has 0 bridgehead atoms. The van der Waals surface area contributed by atoms with Crippen LogP contribution in [0.25, 0.3) is 22.4 Å². The zero-order chi connectivity index (χ0) is 15.5. The molecule has 0 saturated heterocycles. The maximum Gasteiger partial charge on any atom is 0.224 e. The van der Waals surface area contributed by atoms with E-state index in [1.54, 1.807) is 18.6 Å². The van der Waals surface area contributed by atoms with Crippen LogP contribution in [0.2, 0.25) is 0 Å². The van der Waals surface area contributed by atoms with E-state index in [9.17, 15) is 5.11 Å². The van der Waals surface area contributed by atoms with Gasteiger partial charge in [0, 0.05) is 12.4 Å². The Labute approximate surface area is 126 Å². The molecule has 5 N–H and O–H groups in total. The van der Waals surface area contributed by atoms with Crippen molar-refractivity contribution in [2.75, 3.05) is 17.7 Å². The predicted molar refractivity (Wildman–Crippen MR) is 84.1 cm³/mol. The predicted octanol–water partition coefficient (Wildman–Crippen LogP) is 1.18. The average Bonchev–Trinajstić information content (AvgIpc) is 3.00. The fourth-order valence-corrected chi connectivity index (χ4v) is 2.08. The summed E-state index contributed by atoms with van der Waals surface area (Å²) in [6.07, 6.45) is 5.78. The Kier molecular flexibility index (Phi) is 3.84. The van der Waals surface area contributed by atoms with Gasteiger partial charge in [-0.2, -0.15) is 4.98 Å². The number of nitrogen functional groups attached to an aromatic ring is 1. The second-order valence-electron chi connectivity index (χ2n) is 4.89. The molecule has 0 spiro atoms. The molecule has 8 heteroatoms. The van der Waals surface area contributed by atoms with Crippen molar-refractivity contribution >= 4 is 22.9 Å². The quantitative estimate of drug-likeness (QED) is 0.557. The normalized spacial score (nSPS) is 12.5. The van der Waals surface area contributed by atoms with Crippen LogP contribution in [0.1, 0.15) is 13.3 Å². The van der Waals surface area contributed by atoms with E-state index in [2.05, 4.69) is 30.2 Å². The number of H-pyrrole nitrogens is 1. The number of nitrogens with zero attached hydrogens (tertiary/aromatic N) is 4. The van der Waals surface area contributed by atoms with Crippen molar-refractivity contribution in [3.05, 3.63) is 24.7 Å². The molecule has 3 aromatic heterocycles. The minimum Gasteiger partial charge on any atom is -0.394 e. The molecular formula is C14H17N7O. The van der Waals surface area contributed by atoms with Gasteiger partial charge in [-0.1, -0.05) is 6.92 Å². The molecule has 3 heterocycles. The van der Waals surface area contributed by atoms with E-state index < -0.39 is 0 Å². The van der Waals surface area contributed by atoms with E-state index in [1.807, 2.05) is 13.0 Å². The van der Waals surface area contributed by atoms with Crippen molar-refractivity contribution in [3.8, 4) is 11.3 Å². The number of anilines is 2. The Morgan fingerprint density at radius 2 is 2.18 bits per heavy atom. The van der Waals surface area contributed by atoms with E-state index in [4.69, 9.17) is 5.73 Å². The number of nitrogens with one attached hydrogen (secondary N) is 2. The summed E-state index contributed by atoms with van der Waals surface area (Å²) in [5, 5.41) is 12.2. The zero-order valence-electron chi connectivity index (χ0n) is 12.1. The van der Waals surface area contributed by atoms with Gasteiger partial charge in [-0.15, -0.1) is 0 Å². The Hall–Kier alpha value is -2.74. The second-order valence-corrected chi connectivity index (χ2v) is 4.89. The summed E-state index contributed by atoms with van der Waals surface area (Å²) in [6, 6.07) is 1.74. The number of aromatic amines is 1. The Bertz CT molecular complexity index is 782. The van der Waals surface area contributed by atoms with Crippen LogP contribution in [0.4, 0.5) is 11.8 Å². The molecule has 114 valence electrons. The van der Waals surface area contributed by atoms with Crippen molar-refractivity contribution < 1.29 is 5.11 Å². The highest BCUT2D eigenvalue weighted by molar-refractivity contribution is 5.77. The van der Waals surface area contributed by atoms with Crippen LogP contribution in [-0.2, 0) is 0 Å². The molecule has 0 fully saturated rings. The number of hydrogen-bond donors (Lipinski definition) is 4. The number of nitrogens with two attached hydrogens (primary N) is 1. The van der Waals surface area contributed by atoms with Crippen molar-refractivity contribution in [1.82, 2.24) is 24.9 Å². The van der Waals surface area contributed by atoms with Gasteiger partial charge in [0.2, 0.25) is 5.95 Å². The highest BCUT2D eigenvalue weighted by Crippen LogP contribution is 2.23. The third kappa shape index (κ3) is 2.68. The summed E-state index contributed by atoms with van der Waals surface area (Å²) < 4.78 is 0. The summed E-state index contributed by atoms with van der Waals surface area (Å²) in [7, 11) is 0. The minimum atomic E-state index is -0.0961. The van der Waals surface area contributed by atoms with Crippen LogP contribution in [-0.4, -0.2) is 42.7 Å². The van der Waals surface area contributed by atoms with Gasteiger partial charge in [0.05, 0.1) is 30.1 Å². The van der Waals surface area contributed by atoms with Gasteiger partial charge in [-0.3, -0.25) is 0 Å². The summed E-state index contributed by atoms with van der Waals surface area (Å²) in [5.74, 6) is 0.701. The van der Waals surface area contributed by atoms with E-state index in [0.29, 0.717) is 23.0 Å². The fourth-order valence-electron chi connectivity index (χ4n) is 2.08. The molecule has 0 aliphatic rings. The number of aliphatic hydroxyl groups is 1. The van der Waals surface area contributed by atoms with E-state index in [0.717, 1.165) is 17.6 Å². The van der Waals surface area contributed by atoms with E-state index in [-0.39, 0.29) is 12.6 Å². The maximum absolute atomic E-state index is 9.20. The lowest BCUT2D eigenvalue weighted by molar-refractivity contribution is 0.271. The lowest BCUT2D eigenvalue weighted by Gasteiger charge is -2.14. The molecule has 22 heavy (non-hydrogen) atoms. The van der Waals surface area contributed by atoms with Gasteiger partial charge in [-0.25, -0.2) is 15.0 Å². The Morgan fingerprint density at radius 1 is 1.32 bits per heavy atom. The fraction of sp³-hybridized carbons (Fsp3) is 0.286. The van der Waals surface area contributed by atoms with Crippen LogP contribution in [0.5, 0.6) is 0 Å². The third-order valence-corrected chi connectivity index (χ3v) is 3.40. The SMILES string of the molecule is CC[C@@H](CO)Nc1ncc(-c2cnc3[nH]ccc3n2)c(N)n1. The smallest absolute Gasteiger partial charge is 0.224 e. The average molecular weight is 299 g/mol. The Morgan fingerprint density at radius 3 is 2.91 bits per heavy atom. The molecule has 8 nitrogen and oxygen atoms in total. The van der Waals surface area contributed by atoms with Crippen molar-refractivity contribution in [1.29, 1.82) is 0 Å². The standard InChI is InChI=1S/C14H17N7O/c1-2-8(7-22)19-14-18-5-9(12(15)21-14)11-6-17-13-10(20-11)3-4-16-13/h3-6,8,22H,2,7H2,1H3,(H,16,17)(H3,15,18,19,21)/t8-/m0/s1. The molecule has 3 rings (SSSR count). The summed E-state index contributed by atoms with van der Waals surface area (Å²) in [5.41, 5.74) is 8.71. The molecule has 0 aromatic carbocycles.